The zero-order valence-electron chi connectivity index (χ0n) is 23.9. The van der Waals surface area contributed by atoms with Crippen molar-refractivity contribution in [3.05, 3.63) is 46.0 Å². The fourth-order valence-corrected chi connectivity index (χ4v) is 9.82. The van der Waals surface area contributed by atoms with Crippen LogP contribution in [0.25, 0.3) is 0 Å². The Morgan fingerprint density at radius 2 is 1.76 bits per heavy atom. The van der Waals surface area contributed by atoms with Crippen molar-refractivity contribution in [2.75, 3.05) is 0 Å². The van der Waals surface area contributed by atoms with Gasteiger partial charge >= 0.3 is 5.97 Å². The van der Waals surface area contributed by atoms with Crippen molar-refractivity contribution in [1.82, 2.24) is 0 Å². The molecule has 204 valence electrons. The molecule has 0 spiro atoms. The van der Waals surface area contributed by atoms with Crippen LogP contribution in [0.5, 0.6) is 0 Å². The van der Waals surface area contributed by atoms with E-state index in [0.717, 1.165) is 59.2 Å². The van der Waals surface area contributed by atoms with E-state index >= 15 is 0 Å². The smallest absolute Gasteiger partial charge is 0.338 e. The lowest BCUT2D eigenvalue weighted by molar-refractivity contribution is -0.0594. The topological polar surface area (TPSA) is 26.3 Å². The minimum absolute atomic E-state index is 0.0171. The first-order valence-corrected chi connectivity index (χ1v) is 16.1. The predicted octanol–water partition coefficient (Wildman–Crippen LogP) is 10.0. The molecule has 0 amide bonds. The summed E-state index contributed by atoms with van der Waals surface area (Å²) in [7, 11) is 0. The molecule has 0 N–H and O–H groups in total. The van der Waals surface area contributed by atoms with Gasteiger partial charge in [0.2, 0.25) is 0 Å². The minimum Gasteiger partial charge on any atom is -0.458 e. The van der Waals surface area contributed by atoms with Crippen molar-refractivity contribution < 1.29 is 9.53 Å². The van der Waals surface area contributed by atoms with Gasteiger partial charge in [-0.1, -0.05) is 81.5 Å². The molecule has 0 aliphatic heterocycles. The molecular weight excluding hydrogens is 520 g/mol. The Hall–Kier alpha value is -1.09. The average Bonchev–Trinajstić information content (AvgIpc) is 3.21. The van der Waals surface area contributed by atoms with Crippen molar-refractivity contribution in [3.8, 4) is 0 Å². The summed E-state index contributed by atoms with van der Waals surface area (Å²) in [4.78, 5) is 12.8. The molecule has 0 aromatic heterocycles. The number of ether oxygens (including phenoxy) is 1. The van der Waals surface area contributed by atoms with Gasteiger partial charge in [0.25, 0.3) is 0 Å². The molecular formula is C34H49BrO2. The van der Waals surface area contributed by atoms with Crippen LogP contribution in [-0.4, -0.2) is 12.1 Å². The number of halogens is 1. The molecule has 3 saturated carbocycles. The number of hydrogen-bond acceptors (Lipinski definition) is 2. The Morgan fingerprint density at radius 3 is 2.49 bits per heavy atom. The predicted molar refractivity (Wildman–Crippen MR) is 156 cm³/mol. The Balaban J connectivity index is 1.25. The second-order valence-corrected chi connectivity index (χ2v) is 15.0. The first-order chi connectivity index (χ1) is 17.6. The van der Waals surface area contributed by atoms with E-state index < -0.39 is 0 Å². The van der Waals surface area contributed by atoms with Gasteiger partial charge in [-0.05, 0) is 116 Å². The molecule has 4 aliphatic carbocycles. The van der Waals surface area contributed by atoms with Gasteiger partial charge in [-0.3, -0.25) is 0 Å². The zero-order chi connectivity index (χ0) is 26.4. The van der Waals surface area contributed by atoms with E-state index in [1.54, 1.807) is 5.57 Å². The Labute approximate surface area is 234 Å². The second kappa shape index (κ2) is 10.8. The fourth-order valence-electron chi connectivity index (χ4n) is 9.56. The summed E-state index contributed by atoms with van der Waals surface area (Å²) in [6.45, 7) is 12.5. The van der Waals surface area contributed by atoms with Crippen LogP contribution in [-0.2, 0) is 4.74 Å². The normalized spacial score (nSPS) is 37.8. The van der Waals surface area contributed by atoms with Crippen LogP contribution in [0.15, 0.2) is 40.4 Å². The molecule has 3 heteroatoms. The largest absolute Gasteiger partial charge is 0.458 e. The van der Waals surface area contributed by atoms with Crippen LogP contribution < -0.4 is 0 Å². The van der Waals surface area contributed by atoms with E-state index in [4.69, 9.17) is 4.74 Å². The second-order valence-electron chi connectivity index (χ2n) is 14.1. The first kappa shape index (κ1) is 27.5. The summed E-state index contributed by atoms with van der Waals surface area (Å²) in [5, 5.41) is 0. The zero-order valence-corrected chi connectivity index (χ0v) is 25.5. The monoisotopic (exact) mass is 568 g/mol. The Bertz CT molecular complexity index is 996. The highest BCUT2D eigenvalue weighted by Gasteiger charge is 2.59. The van der Waals surface area contributed by atoms with Crippen LogP contribution in [0.2, 0.25) is 0 Å². The number of benzene rings is 1. The molecule has 0 radical (unpaired) electrons. The van der Waals surface area contributed by atoms with Crippen molar-refractivity contribution in [3.63, 3.8) is 0 Å². The maximum absolute atomic E-state index is 12.8. The van der Waals surface area contributed by atoms with Gasteiger partial charge in [-0.2, -0.15) is 0 Å². The molecule has 8 atom stereocenters. The van der Waals surface area contributed by atoms with E-state index in [2.05, 4.69) is 56.6 Å². The number of carbonyl (C=O) groups excluding carboxylic acids is 1. The molecule has 37 heavy (non-hydrogen) atoms. The van der Waals surface area contributed by atoms with Gasteiger partial charge in [0.15, 0.2) is 0 Å². The highest BCUT2D eigenvalue weighted by Crippen LogP contribution is 2.67. The van der Waals surface area contributed by atoms with Crippen LogP contribution in [0.1, 0.15) is 116 Å². The first-order valence-electron chi connectivity index (χ1n) is 15.3. The molecule has 1 aromatic rings. The summed E-state index contributed by atoms with van der Waals surface area (Å²) < 4.78 is 7.01. The van der Waals surface area contributed by atoms with Gasteiger partial charge in [0.05, 0.1) is 5.56 Å². The van der Waals surface area contributed by atoms with Gasteiger partial charge < -0.3 is 4.74 Å². The SMILES string of the molecule is CC(C)CCC[C@@H](C)[C@H]1CCC2C3CC=C4CC(OC(=O)c5ccc(Br)cc5)CC[C@]4(C)C3CC[C@@]21C. The maximum Gasteiger partial charge on any atom is 0.338 e. The van der Waals surface area contributed by atoms with Gasteiger partial charge in [0.1, 0.15) is 6.10 Å². The molecule has 2 nitrogen and oxygen atoms in total. The lowest BCUT2D eigenvalue weighted by Gasteiger charge is -2.58. The molecule has 1 aromatic carbocycles. The van der Waals surface area contributed by atoms with E-state index in [9.17, 15) is 4.79 Å². The molecule has 0 saturated heterocycles. The Morgan fingerprint density at radius 1 is 1.00 bits per heavy atom. The lowest BCUT2D eigenvalue weighted by atomic mass is 9.47. The highest BCUT2D eigenvalue weighted by atomic mass is 79.9. The Kier molecular flexibility index (Phi) is 8.03. The van der Waals surface area contributed by atoms with Gasteiger partial charge in [0, 0.05) is 10.9 Å². The van der Waals surface area contributed by atoms with Crippen LogP contribution in [0.4, 0.5) is 0 Å². The third kappa shape index (κ3) is 5.24. The van der Waals surface area contributed by atoms with E-state index in [1.165, 1.54) is 51.4 Å². The minimum atomic E-state index is -0.177. The number of carbonyl (C=O) groups is 1. The molecule has 4 aliphatic rings. The maximum atomic E-state index is 12.8. The number of hydrogen-bond donors (Lipinski definition) is 0. The average molecular weight is 570 g/mol. The van der Waals surface area contributed by atoms with Crippen molar-refractivity contribution >= 4 is 21.9 Å². The molecule has 0 bridgehead atoms. The molecule has 0 heterocycles. The molecule has 4 unspecified atom stereocenters. The molecule has 5 rings (SSSR count). The summed E-state index contributed by atoms with van der Waals surface area (Å²) in [6.07, 6.45) is 16.9. The summed E-state index contributed by atoms with van der Waals surface area (Å²) in [5.74, 6) is 4.99. The van der Waals surface area contributed by atoms with E-state index in [-0.39, 0.29) is 12.1 Å². The number of rotatable bonds is 7. The number of fused-ring (bicyclic) bond motifs is 5. The standard InChI is InChI=1S/C34H49BrO2/c1-22(2)7-6-8-23(3)29-15-16-30-28-14-11-25-21-27(37-32(36)24-9-12-26(35)13-10-24)17-19-33(25,4)31(28)18-20-34(29,30)5/h9-13,22-23,27-31H,6-8,14-21H2,1-5H3/t23-,27?,28?,29-,30?,31?,33+,34-/m1/s1. The van der Waals surface area contributed by atoms with E-state index in [1.807, 2.05) is 24.3 Å². The number of allylic oxidation sites excluding steroid dienone is 1. The van der Waals surface area contributed by atoms with Crippen LogP contribution in [0.3, 0.4) is 0 Å². The summed E-state index contributed by atoms with van der Waals surface area (Å²) in [5.41, 5.74) is 3.08. The van der Waals surface area contributed by atoms with E-state index in [0.29, 0.717) is 16.4 Å². The van der Waals surface area contributed by atoms with Crippen molar-refractivity contribution in [1.29, 1.82) is 0 Å². The van der Waals surface area contributed by atoms with Gasteiger partial charge in [-0.25, -0.2) is 4.79 Å². The third-order valence-electron chi connectivity index (χ3n) is 11.6. The van der Waals surface area contributed by atoms with Crippen LogP contribution >= 0.6 is 15.9 Å². The molecule has 3 fully saturated rings. The quantitative estimate of drug-likeness (QED) is 0.241. The summed E-state index contributed by atoms with van der Waals surface area (Å²) >= 11 is 3.45. The van der Waals surface area contributed by atoms with Crippen molar-refractivity contribution in [2.45, 2.75) is 111 Å². The van der Waals surface area contributed by atoms with Gasteiger partial charge in [-0.15, -0.1) is 0 Å². The fraction of sp³-hybridized carbons (Fsp3) is 0.735. The van der Waals surface area contributed by atoms with Crippen molar-refractivity contribution in [2.24, 2.45) is 46.3 Å². The van der Waals surface area contributed by atoms with Crippen LogP contribution in [0, 0.1) is 46.3 Å². The lowest BCUT2D eigenvalue weighted by Crippen LogP contribution is -2.51. The highest BCUT2D eigenvalue weighted by molar-refractivity contribution is 9.10. The third-order valence-corrected chi connectivity index (χ3v) is 12.1. The summed E-state index contributed by atoms with van der Waals surface area (Å²) in [6, 6.07) is 7.52. The number of esters is 1.